The maximum atomic E-state index is 13.1. The molecule has 0 spiro atoms. The number of carbonyl (C=O) groups excluding carboxylic acids is 1. The van der Waals surface area contributed by atoms with Gasteiger partial charge in [-0.15, -0.1) is 0 Å². The van der Waals surface area contributed by atoms with E-state index in [-0.39, 0.29) is 24.7 Å². The van der Waals surface area contributed by atoms with Crippen LogP contribution >= 0.6 is 0 Å². The number of methoxy groups -OCH3 is 1. The number of benzene rings is 2. The lowest BCUT2D eigenvalue weighted by Crippen LogP contribution is -2.41. The highest BCUT2D eigenvalue weighted by molar-refractivity contribution is 5.88. The summed E-state index contributed by atoms with van der Waals surface area (Å²) in [6.07, 6.45) is 0.0565. The number of rotatable bonds is 6. The second-order valence-corrected chi connectivity index (χ2v) is 7.54. The van der Waals surface area contributed by atoms with Gasteiger partial charge in [0.2, 0.25) is 17.1 Å². The van der Waals surface area contributed by atoms with Crippen LogP contribution in [0.15, 0.2) is 57.7 Å². The van der Waals surface area contributed by atoms with Crippen LogP contribution in [0.5, 0.6) is 5.75 Å². The fourth-order valence-corrected chi connectivity index (χ4v) is 4.02. The SMILES string of the molecule is COCc1cc(=O)c(O)c([C@H](CC(=O)N2CCOCC2)c2cccc3ccccc23)o1. The van der Waals surface area contributed by atoms with Crippen LogP contribution in [0, 0.1) is 0 Å². The number of hydrogen-bond acceptors (Lipinski definition) is 6. The molecule has 0 unspecified atom stereocenters. The van der Waals surface area contributed by atoms with Gasteiger partial charge >= 0.3 is 0 Å². The zero-order chi connectivity index (χ0) is 21.8. The van der Waals surface area contributed by atoms with E-state index in [2.05, 4.69) is 0 Å². The fourth-order valence-electron chi connectivity index (χ4n) is 4.02. The molecular formula is C24H25NO6. The molecule has 2 heterocycles. The molecule has 7 heteroatoms. The van der Waals surface area contributed by atoms with E-state index in [9.17, 15) is 14.7 Å². The number of morpholine rings is 1. The second-order valence-electron chi connectivity index (χ2n) is 7.54. The molecule has 162 valence electrons. The van der Waals surface area contributed by atoms with Gasteiger partial charge < -0.3 is 23.9 Å². The Kier molecular flexibility index (Phi) is 6.34. The zero-order valence-electron chi connectivity index (χ0n) is 17.4. The maximum absolute atomic E-state index is 13.1. The van der Waals surface area contributed by atoms with Crippen LogP contribution in [0.2, 0.25) is 0 Å². The summed E-state index contributed by atoms with van der Waals surface area (Å²) in [5.41, 5.74) is 0.255. The van der Waals surface area contributed by atoms with Crippen LogP contribution < -0.4 is 5.43 Å². The molecule has 2 aromatic carbocycles. The monoisotopic (exact) mass is 423 g/mol. The maximum Gasteiger partial charge on any atom is 0.227 e. The number of nitrogens with zero attached hydrogens (tertiary/aromatic N) is 1. The molecule has 0 saturated carbocycles. The van der Waals surface area contributed by atoms with Crippen molar-refractivity contribution in [2.24, 2.45) is 0 Å². The number of fused-ring (bicyclic) bond motifs is 1. The van der Waals surface area contributed by atoms with Gasteiger partial charge in [-0.25, -0.2) is 0 Å². The third kappa shape index (κ3) is 4.47. The molecule has 0 aliphatic carbocycles. The van der Waals surface area contributed by atoms with Crippen LogP contribution in [0.4, 0.5) is 0 Å². The average molecular weight is 423 g/mol. The Balaban J connectivity index is 1.83. The van der Waals surface area contributed by atoms with Crippen molar-refractivity contribution >= 4 is 16.7 Å². The Morgan fingerprint density at radius 1 is 1.16 bits per heavy atom. The van der Waals surface area contributed by atoms with Gasteiger partial charge in [0.15, 0.2) is 5.76 Å². The van der Waals surface area contributed by atoms with Crippen LogP contribution in [0.1, 0.15) is 29.4 Å². The van der Waals surface area contributed by atoms with Gasteiger partial charge in [-0.05, 0) is 16.3 Å². The van der Waals surface area contributed by atoms with Crippen LogP contribution in [-0.2, 0) is 20.9 Å². The quantitative estimate of drug-likeness (QED) is 0.656. The Labute approximate surface area is 179 Å². The molecule has 1 aliphatic rings. The molecule has 0 bridgehead atoms. The number of aromatic hydroxyl groups is 1. The minimum Gasteiger partial charge on any atom is -0.502 e. The van der Waals surface area contributed by atoms with E-state index in [1.165, 1.54) is 13.2 Å². The first kappa shape index (κ1) is 21.1. The number of ether oxygens (including phenoxy) is 2. The Morgan fingerprint density at radius 3 is 2.68 bits per heavy atom. The number of hydrogen-bond donors (Lipinski definition) is 1. The van der Waals surface area contributed by atoms with Crippen molar-refractivity contribution < 1.29 is 23.8 Å². The van der Waals surface area contributed by atoms with Gasteiger partial charge in [0.1, 0.15) is 12.4 Å². The van der Waals surface area contributed by atoms with E-state index < -0.39 is 17.1 Å². The second kappa shape index (κ2) is 9.32. The first-order chi connectivity index (χ1) is 15.1. The lowest BCUT2D eigenvalue weighted by molar-refractivity contribution is -0.135. The first-order valence-electron chi connectivity index (χ1n) is 10.3. The van der Waals surface area contributed by atoms with E-state index in [0.717, 1.165) is 16.3 Å². The molecule has 1 fully saturated rings. The van der Waals surface area contributed by atoms with Crippen molar-refractivity contribution in [1.82, 2.24) is 4.90 Å². The average Bonchev–Trinajstić information content (AvgIpc) is 2.80. The molecular weight excluding hydrogens is 398 g/mol. The lowest BCUT2D eigenvalue weighted by Gasteiger charge is -2.29. The molecule has 4 rings (SSSR count). The highest BCUT2D eigenvalue weighted by Gasteiger charge is 2.29. The molecule has 7 nitrogen and oxygen atoms in total. The summed E-state index contributed by atoms with van der Waals surface area (Å²) >= 11 is 0. The molecule has 1 aromatic heterocycles. The molecule has 1 N–H and O–H groups in total. The fraction of sp³-hybridized carbons (Fsp3) is 0.333. The molecule has 1 aliphatic heterocycles. The van der Waals surface area contributed by atoms with Crippen molar-refractivity contribution in [2.45, 2.75) is 18.9 Å². The summed E-state index contributed by atoms with van der Waals surface area (Å²) in [6.45, 7) is 2.10. The Bertz CT molecular complexity index is 1130. The lowest BCUT2D eigenvalue weighted by atomic mass is 9.88. The highest BCUT2D eigenvalue weighted by atomic mass is 16.5. The van der Waals surface area contributed by atoms with Gasteiger partial charge in [-0.1, -0.05) is 42.5 Å². The van der Waals surface area contributed by atoms with E-state index in [1.54, 1.807) is 4.90 Å². The predicted octanol–water partition coefficient (Wildman–Crippen LogP) is 3.03. The van der Waals surface area contributed by atoms with Crippen molar-refractivity contribution in [2.75, 3.05) is 33.4 Å². The molecule has 1 amide bonds. The predicted molar refractivity (Wildman–Crippen MR) is 115 cm³/mol. The van der Waals surface area contributed by atoms with Gasteiger partial charge in [0.05, 0.1) is 19.1 Å². The van der Waals surface area contributed by atoms with Crippen molar-refractivity contribution in [1.29, 1.82) is 0 Å². The van der Waals surface area contributed by atoms with E-state index in [4.69, 9.17) is 13.9 Å². The van der Waals surface area contributed by atoms with Crippen LogP contribution in [0.25, 0.3) is 10.8 Å². The summed E-state index contributed by atoms with van der Waals surface area (Å²) in [5.74, 6) is -0.819. The summed E-state index contributed by atoms with van der Waals surface area (Å²) in [6, 6.07) is 14.8. The summed E-state index contributed by atoms with van der Waals surface area (Å²) in [4.78, 5) is 27.3. The Morgan fingerprint density at radius 2 is 1.90 bits per heavy atom. The van der Waals surface area contributed by atoms with E-state index >= 15 is 0 Å². The molecule has 1 atom stereocenters. The Hall–Kier alpha value is -3.16. The zero-order valence-corrected chi connectivity index (χ0v) is 17.4. The topological polar surface area (TPSA) is 89.2 Å². The van der Waals surface area contributed by atoms with Crippen LogP contribution in [0.3, 0.4) is 0 Å². The summed E-state index contributed by atoms with van der Waals surface area (Å²) < 4.78 is 16.4. The third-order valence-electron chi connectivity index (χ3n) is 5.54. The molecule has 1 saturated heterocycles. The van der Waals surface area contributed by atoms with Crippen molar-refractivity contribution in [3.63, 3.8) is 0 Å². The van der Waals surface area contributed by atoms with Crippen molar-refractivity contribution in [3.05, 3.63) is 75.8 Å². The normalized spacial score (nSPS) is 15.2. The minimum atomic E-state index is -0.633. The van der Waals surface area contributed by atoms with E-state index in [1.807, 2.05) is 42.5 Å². The standard InChI is InChI=1S/C24H25NO6/c1-29-15-17-13-21(26)23(28)24(31-17)20(14-22(27)25-9-11-30-12-10-25)19-8-4-6-16-5-2-3-7-18(16)19/h2-8,13,20,28H,9-12,14-15H2,1H3/t20-/m1/s1. The molecule has 31 heavy (non-hydrogen) atoms. The summed E-state index contributed by atoms with van der Waals surface area (Å²) in [7, 11) is 1.50. The smallest absolute Gasteiger partial charge is 0.227 e. The molecule has 0 radical (unpaired) electrons. The van der Waals surface area contributed by atoms with Crippen molar-refractivity contribution in [3.8, 4) is 5.75 Å². The van der Waals surface area contributed by atoms with Gasteiger partial charge in [0, 0.05) is 32.7 Å². The third-order valence-corrected chi connectivity index (χ3v) is 5.54. The minimum absolute atomic E-state index is 0.0565. The number of amides is 1. The van der Waals surface area contributed by atoms with Gasteiger partial charge in [-0.3, -0.25) is 9.59 Å². The van der Waals surface area contributed by atoms with E-state index in [0.29, 0.717) is 32.1 Å². The number of carbonyl (C=O) groups is 1. The highest BCUT2D eigenvalue weighted by Crippen LogP contribution is 2.37. The summed E-state index contributed by atoms with van der Waals surface area (Å²) in [5, 5.41) is 12.6. The van der Waals surface area contributed by atoms with Gasteiger partial charge in [-0.2, -0.15) is 0 Å². The van der Waals surface area contributed by atoms with Gasteiger partial charge in [0.25, 0.3) is 0 Å². The molecule has 3 aromatic rings. The first-order valence-corrected chi connectivity index (χ1v) is 10.3. The van der Waals surface area contributed by atoms with Crippen LogP contribution in [-0.4, -0.2) is 49.3 Å². The largest absolute Gasteiger partial charge is 0.502 e.